The molecule has 31 heavy (non-hydrogen) atoms. The van der Waals surface area contributed by atoms with Crippen LogP contribution in [0.1, 0.15) is 63.1 Å². The maximum atomic E-state index is 13.3. The van der Waals surface area contributed by atoms with Gasteiger partial charge < -0.3 is 4.90 Å². The number of nitrogens with zero attached hydrogens (tertiary/aromatic N) is 3. The highest BCUT2D eigenvalue weighted by Crippen LogP contribution is 2.38. The van der Waals surface area contributed by atoms with Crippen LogP contribution in [0.5, 0.6) is 0 Å². The third-order valence-electron chi connectivity index (χ3n) is 6.20. The molecular weight excluding hydrogens is 414 g/mol. The van der Waals surface area contributed by atoms with E-state index in [4.69, 9.17) is 11.6 Å². The van der Waals surface area contributed by atoms with Gasteiger partial charge in [-0.2, -0.15) is 5.10 Å². The minimum Gasteiger partial charge on any atom is -0.341 e. The molecule has 1 aromatic carbocycles. The standard InChI is InChI=1S/C24H30ClN3O3/c1-7-15-9-18(28-13-17(25)12-26-28)8-14(2)21(15)22-19(29)10-16(23(22)31)11-20(30)27(6)24(3,4)5/h8-9,12-13,16,22H,7,10-11H2,1-6H3. The summed E-state index contributed by atoms with van der Waals surface area (Å²) in [5.74, 6) is -1.73. The molecule has 3 rings (SSSR count). The fourth-order valence-corrected chi connectivity index (χ4v) is 4.32. The number of rotatable bonds is 5. The van der Waals surface area contributed by atoms with Crippen molar-refractivity contribution in [1.82, 2.24) is 14.7 Å². The van der Waals surface area contributed by atoms with Crippen molar-refractivity contribution >= 4 is 29.1 Å². The van der Waals surface area contributed by atoms with E-state index in [9.17, 15) is 14.4 Å². The van der Waals surface area contributed by atoms with Crippen molar-refractivity contribution in [2.75, 3.05) is 7.05 Å². The molecule has 0 saturated heterocycles. The van der Waals surface area contributed by atoms with E-state index in [2.05, 4.69) is 5.10 Å². The molecule has 6 nitrogen and oxygen atoms in total. The van der Waals surface area contributed by atoms with Gasteiger partial charge in [-0.05, 0) is 62.9 Å². The fourth-order valence-electron chi connectivity index (χ4n) is 4.18. The summed E-state index contributed by atoms with van der Waals surface area (Å²) in [5.41, 5.74) is 3.08. The first-order valence-corrected chi connectivity index (χ1v) is 11.0. The van der Waals surface area contributed by atoms with Gasteiger partial charge >= 0.3 is 0 Å². The van der Waals surface area contributed by atoms with Crippen LogP contribution in [0.15, 0.2) is 24.5 Å². The first kappa shape index (κ1) is 23.2. The maximum Gasteiger partial charge on any atom is 0.223 e. The van der Waals surface area contributed by atoms with Crippen LogP contribution in [0.3, 0.4) is 0 Å². The van der Waals surface area contributed by atoms with Gasteiger partial charge in [0.05, 0.1) is 16.9 Å². The molecular formula is C24H30ClN3O3. The topological polar surface area (TPSA) is 72.3 Å². The Bertz CT molecular complexity index is 1040. The van der Waals surface area contributed by atoms with E-state index in [1.165, 1.54) is 0 Å². The Kier molecular flexibility index (Phi) is 6.42. The normalized spacial score (nSPS) is 19.2. The van der Waals surface area contributed by atoms with E-state index < -0.39 is 11.8 Å². The molecule has 1 fully saturated rings. The number of carbonyl (C=O) groups excluding carboxylic acids is 3. The van der Waals surface area contributed by atoms with Crippen molar-refractivity contribution < 1.29 is 14.4 Å². The van der Waals surface area contributed by atoms with E-state index in [1.54, 1.807) is 29.0 Å². The Morgan fingerprint density at radius 3 is 2.52 bits per heavy atom. The minimum atomic E-state index is -0.803. The van der Waals surface area contributed by atoms with Crippen LogP contribution >= 0.6 is 11.6 Å². The highest BCUT2D eigenvalue weighted by molar-refractivity contribution is 6.30. The smallest absolute Gasteiger partial charge is 0.223 e. The summed E-state index contributed by atoms with van der Waals surface area (Å²) < 4.78 is 1.68. The van der Waals surface area contributed by atoms with E-state index in [0.717, 1.165) is 22.4 Å². The number of amides is 1. The molecule has 1 aromatic heterocycles. The molecule has 1 saturated carbocycles. The van der Waals surface area contributed by atoms with Crippen molar-refractivity contribution in [3.05, 3.63) is 46.2 Å². The molecule has 0 N–H and O–H groups in total. The van der Waals surface area contributed by atoms with Gasteiger partial charge in [0.25, 0.3) is 0 Å². The molecule has 2 unspecified atom stereocenters. The summed E-state index contributed by atoms with van der Waals surface area (Å²) in [6, 6.07) is 3.88. The predicted octanol–water partition coefficient (Wildman–Crippen LogP) is 4.29. The minimum absolute atomic E-state index is 0.0687. The molecule has 2 atom stereocenters. The quantitative estimate of drug-likeness (QED) is 0.646. The Balaban J connectivity index is 1.91. The molecule has 0 spiro atoms. The molecule has 0 radical (unpaired) electrons. The van der Waals surface area contributed by atoms with Crippen LogP contribution in [0.2, 0.25) is 5.02 Å². The second-order valence-corrected chi connectivity index (χ2v) is 9.76. The lowest BCUT2D eigenvalue weighted by molar-refractivity contribution is -0.137. The number of aryl methyl sites for hydroxylation is 2. The van der Waals surface area contributed by atoms with E-state index in [0.29, 0.717) is 11.4 Å². The number of hydrogen-bond acceptors (Lipinski definition) is 4. The predicted molar refractivity (Wildman–Crippen MR) is 121 cm³/mol. The Morgan fingerprint density at radius 1 is 1.29 bits per heavy atom. The van der Waals surface area contributed by atoms with Crippen molar-refractivity contribution in [2.24, 2.45) is 5.92 Å². The van der Waals surface area contributed by atoms with Crippen molar-refractivity contribution in [3.8, 4) is 5.69 Å². The molecule has 1 aliphatic carbocycles. The van der Waals surface area contributed by atoms with Crippen molar-refractivity contribution in [3.63, 3.8) is 0 Å². The van der Waals surface area contributed by atoms with Gasteiger partial charge in [0.2, 0.25) is 5.91 Å². The lowest BCUT2D eigenvalue weighted by atomic mass is 9.85. The maximum absolute atomic E-state index is 13.3. The first-order valence-electron chi connectivity index (χ1n) is 10.6. The van der Waals surface area contributed by atoms with Crippen LogP contribution in [0.4, 0.5) is 0 Å². The summed E-state index contributed by atoms with van der Waals surface area (Å²) in [5, 5.41) is 4.79. The first-order chi connectivity index (χ1) is 14.4. The number of hydrogen-bond donors (Lipinski definition) is 0. The molecule has 0 bridgehead atoms. The molecule has 0 aliphatic heterocycles. The fraction of sp³-hybridized carbons (Fsp3) is 0.500. The van der Waals surface area contributed by atoms with Gasteiger partial charge in [-0.25, -0.2) is 4.68 Å². The second kappa shape index (κ2) is 8.58. The number of aromatic nitrogens is 2. The lowest BCUT2D eigenvalue weighted by Gasteiger charge is -2.32. The number of ketones is 2. The summed E-state index contributed by atoms with van der Waals surface area (Å²) in [7, 11) is 1.74. The lowest BCUT2D eigenvalue weighted by Crippen LogP contribution is -2.43. The van der Waals surface area contributed by atoms with E-state index in [1.807, 2.05) is 46.8 Å². The molecule has 1 aliphatic rings. The zero-order chi connectivity index (χ0) is 23.1. The number of halogens is 1. The summed E-state index contributed by atoms with van der Waals surface area (Å²) in [6.45, 7) is 9.75. The monoisotopic (exact) mass is 443 g/mol. The third kappa shape index (κ3) is 4.59. The highest BCUT2D eigenvalue weighted by atomic mass is 35.5. The Morgan fingerprint density at radius 2 is 1.97 bits per heavy atom. The SMILES string of the molecule is CCc1cc(-n2cc(Cl)cn2)cc(C)c1C1C(=O)CC(CC(=O)N(C)C(C)(C)C)C1=O. The summed E-state index contributed by atoms with van der Waals surface area (Å²) >= 11 is 6.00. The molecule has 1 heterocycles. The zero-order valence-electron chi connectivity index (χ0n) is 19.0. The number of Topliss-reactive ketones (excluding diaryl/α,β-unsaturated/α-hetero) is 2. The van der Waals surface area contributed by atoms with E-state index >= 15 is 0 Å². The largest absolute Gasteiger partial charge is 0.341 e. The van der Waals surface area contributed by atoms with Gasteiger partial charge in [-0.15, -0.1) is 0 Å². The summed E-state index contributed by atoms with van der Waals surface area (Å²) in [4.78, 5) is 40.5. The molecule has 1 amide bonds. The van der Waals surface area contributed by atoms with Gasteiger partial charge in [0.1, 0.15) is 11.7 Å². The third-order valence-corrected chi connectivity index (χ3v) is 6.40. The Labute approximate surface area is 188 Å². The van der Waals surface area contributed by atoms with Crippen LogP contribution < -0.4 is 0 Å². The molecule has 2 aromatic rings. The van der Waals surface area contributed by atoms with Crippen molar-refractivity contribution in [2.45, 2.75) is 65.3 Å². The second-order valence-electron chi connectivity index (χ2n) is 9.32. The van der Waals surface area contributed by atoms with Crippen LogP contribution in [0, 0.1) is 12.8 Å². The Hall–Kier alpha value is -2.47. The van der Waals surface area contributed by atoms with Crippen LogP contribution in [-0.4, -0.2) is 44.7 Å². The van der Waals surface area contributed by atoms with Gasteiger partial charge in [-0.3, -0.25) is 14.4 Å². The average Bonchev–Trinajstić information content (AvgIpc) is 3.23. The van der Waals surface area contributed by atoms with E-state index in [-0.39, 0.29) is 35.9 Å². The van der Waals surface area contributed by atoms with Crippen LogP contribution in [-0.2, 0) is 20.8 Å². The van der Waals surface area contributed by atoms with Crippen LogP contribution in [0.25, 0.3) is 5.69 Å². The van der Waals surface area contributed by atoms with Gasteiger partial charge in [0.15, 0.2) is 5.78 Å². The number of carbonyl (C=O) groups is 3. The highest BCUT2D eigenvalue weighted by Gasteiger charge is 2.44. The van der Waals surface area contributed by atoms with Gasteiger partial charge in [-0.1, -0.05) is 18.5 Å². The zero-order valence-corrected chi connectivity index (χ0v) is 19.8. The molecule has 166 valence electrons. The number of benzene rings is 1. The summed E-state index contributed by atoms with van der Waals surface area (Å²) in [6.07, 6.45) is 4.14. The van der Waals surface area contributed by atoms with Crippen molar-refractivity contribution in [1.29, 1.82) is 0 Å². The average molecular weight is 444 g/mol. The molecule has 7 heteroatoms. The van der Waals surface area contributed by atoms with Gasteiger partial charge in [0, 0.05) is 37.5 Å².